The Morgan fingerprint density at radius 1 is 1.09 bits per heavy atom. The minimum Gasteiger partial charge on any atom is -0.331 e. The van der Waals surface area contributed by atoms with Crippen molar-refractivity contribution in [2.45, 2.75) is 32.9 Å². The zero-order valence-corrected chi connectivity index (χ0v) is 14.5. The van der Waals surface area contributed by atoms with Gasteiger partial charge >= 0.3 is 0 Å². The first-order chi connectivity index (χ1) is 10.5. The number of likely N-dealkylation sites (tertiary alicyclic amines) is 1. The summed E-state index contributed by atoms with van der Waals surface area (Å²) in [5, 5.41) is 0. The summed E-state index contributed by atoms with van der Waals surface area (Å²) in [5.41, 5.74) is 2.08. The van der Waals surface area contributed by atoms with Crippen LogP contribution < -0.4 is 0 Å². The molecule has 2 aromatic rings. The number of benzene rings is 2. The summed E-state index contributed by atoms with van der Waals surface area (Å²) < 4.78 is 1.06. The standard InChI is InChI=1S/C19H20BrNO/c1-19(2)12-17(15-8-10-16(20)11-9-15)21(18(19)22)13-14-6-4-3-5-7-14/h3-11,17H,12-13H2,1-2H3/t17-/m1/s1. The second-order valence-corrected chi connectivity index (χ2v) is 7.49. The van der Waals surface area contributed by atoms with Crippen molar-refractivity contribution < 1.29 is 4.79 Å². The molecule has 1 aliphatic heterocycles. The predicted molar refractivity (Wildman–Crippen MR) is 92.3 cm³/mol. The molecule has 3 rings (SSSR count). The van der Waals surface area contributed by atoms with Crippen LogP contribution in [0.4, 0.5) is 0 Å². The first-order valence-corrected chi connectivity index (χ1v) is 8.37. The molecule has 1 atom stereocenters. The van der Waals surface area contributed by atoms with Gasteiger partial charge in [-0.3, -0.25) is 4.79 Å². The van der Waals surface area contributed by atoms with Crippen molar-refractivity contribution in [2.75, 3.05) is 0 Å². The lowest BCUT2D eigenvalue weighted by molar-refractivity contribution is -0.136. The summed E-state index contributed by atoms with van der Waals surface area (Å²) in [4.78, 5) is 14.8. The first-order valence-electron chi connectivity index (χ1n) is 7.58. The van der Waals surface area contributed by atoms with Gasteiger partial charge in [-0.05, 0) is 29.7 Å². The number of hydrogen-bond acceptors (Lipinski definition) is 1. The topological polar surface area (TPSA) is 20.3 Å². The molecule has 114 valence electrons. The number of rotatable bonds is 3. The maximum Gasteiger partial charge on any atom is 0.229 e. The third kappa shape index (κ3) is 2.95. The van der Waals surface area contributed by atoms with E-state index in [4.69, 9.17) is 0 Å². The van der Waals surface area contributed by atoms with Gasteiger partial charge in [0.1, 0.15) is 0 Å². The van der Waals surface area contributed by atoms with Crippen LogP contribution in [0, 0.1) is 5.41 Å². The molecule has 1 aliphatic rings. The normalized spacial score (nSPS) is 20.4. The fraction of sp³-hybridized carbons (Fsp3) is 0.316. The minimum atomic E-state index is -0.299. The zero-order valence-electron chi connectivity index (χ0n) is 12.9. The lowest BCUT2D eigenvalue weighted by atomic mass is 9.88. The highest BCUT2D eigenvalue weighted by Crippen LogP contribution is 2.44. The van der Waals surface area contributed by atoms with Crippen LogP contribution in [0.15, 0.2) is 59.1 Å². The van der Waals surface area contributed by atoms with Gasteiger partial charge in [-0.25, -0.2) is 0 Å². The number of carbonyl (C=O) groups excluding carboxylic acids is 1. The van der Waals surface area contributed by atoms with Crippen molar-refractivity contribution in [2.24, 2.45) is 5.41 Å². The van der Waals surface area contributed by atoms with E-state index in [9.17, 15) is 4.79 Å². The maximum atomic E-state index is 12.8. The molecule has 2 aromatic carbocycles. The Balaban J connectivity index is 1.92. The number of amides is 1. The Bertz CT molecular complexity index is 664. The van der Waals surface area contributed by atoms with Gasteiger partial charge in [0, 0.05) is 16.4 Å². The van der Waals surface area contributed by atoms with E-state index in [1.807, 2.05) is 49.1 Å². The molecule has 1 amide bonds. The third-order valence-corrected chi connectivity index (χ3v) is 4.90. The molecular weight excluding hydrogens is 338 g/mol. The first kappa shape index (κ1) is 15.3. The quantitative estimate of drug-likeness (QED) is 0.760. The average Bonchev–Trinajstić information content (AvgIpc) is 2.73. The van der Waals surface area contributed by atoms with Gasteiger partial charge in [-0.1, -0.05) is 72.2 Å². The van der Waals surface area contributed by atoms with Crippen LogP contribution in [-0.2, 0) is 11.3 Å². The van der Waals surface area contributed by atoms with Crippen molar-refractivity contribution in [1.82, 2.24) is 4.90 Å². The van der Waals surface area contributed by atoms with E-state index in [2.05, 4.69) is 40.2 Å². The molecule has 22 heavy (non-hydrogen) atoms. The van der Waals surface area contributed by atoms with Crippen LogP contribution in [0.25, 0.3) is 0 Å². The highest BCUT2D eigenvalue weighted by molar-refractivity contribution is 9.10. The highest BCUT2D eigenvalue weighted by atomic mass is 79.9. The molecule has 1 saturated heterocycles. The number of halogens is 1. The molecule has 0 saturated carbocycles. The number of carbonyl (C=O) groups is 1. The van der Waals surface area contributed by atoms with E-state index < -0.39 is 0 Å². The van der Waals surface area contributed by atoms with Crippen LogP contribution >= 0.6 is 15.9 Å². The van der Waals surface area contributed by atoms with Crippen molar-refractivity contribution in [3.05, 3.63) is 70.2 Å². The summed E-state index contributed by atoms with van der Waals surface area (Å²) in [6.45, 7) is 4.77. The SMILES string of the molecule is CC1(C)C[C@H](c2ccc(Br)cc2)N(Cc2ccccc2)C1=O. The molecule has 0 aromatic heterocycles. The highest BCUT2D eigenvalue weighted by Gasteiger charge is 2.45. The monoisotopic (exact) mass is 357 g/mol. The predicted octanol–water partition coefficient (Wildman–Crippen LogP) is 4.95. The molecule has 3 heteroatoms. The molecule has 1 fully saturated rings. The summed E-state index contributed by atoms with van der Waals surface area (Å²) in [6, 6.07) is 18.7. The molecular formula is C19H20BrNO. The lowest BCUT2D eigenvalue weighted by Gasteiger charge is -2.25. The van der Waals surface area contributed by atoms with Crippen LogP contribution in [0.2, 0.25) is 0 Å². The van der Waals surface area contributed by atoms with E-state index in [-0.39, 0.29) is 17.4 Å². The van der Waals surface area contributed by atoms with Gasteiger partial charge in [-0.15, -0.1) is 0 Å². The Morgan fingerprint density at radius 3 is 2.36 bits per heavy atom. The minimum absolute atomic E-state index is 0.149. The van der Waals surface area contributed by atoms with Gasteiger partial charge < -0.3 is 4.90 Å². The van der Waals surface area contributed by atoms with E-state index in [1.165, 1.54) is 11.1 Å². The van der Waals surface area contributed by atoms with Crippen LogP contribution in [0.3, 0.4) is 0 Å². The Kier molecular flexibility index (Phi) is 4.09. The second-order valence-electron chi connectivity index (χ2n) is 6.57. The van der Waals surface area contributed by atoms with Gasteiger partial charge in [0.05, 0.1) is 6.04 Å². The number of nitrogens with zero attached hydrogens (tertiary/aromatic N) is 1. The summed E-state index contributed by atoms with van der Waals surface area (Å²) >= 11 is 3.48. The maximum absolute atomic E-state index is 12.8. The molecule has 0 N–H and O–H groups in total. The molecule has 2 nitrogen and oxygen atoms in total. The summed E-state index contributed by atoms with van der Waals surface area (Å²) in [5.74, 6) is 0.240. The van der Waals surface area contributed by atoms with E-state index in [1.54, 1.807) is 0 Å². The zero-order chi connectivity index (χ0) is 15.7. The van der Waals surface area contributed by atoms with Crippen LogP contribution in [0.1, 0.15) is 37.4 Å². The van der Waals surface area contributed by atoms with Gasteiger partial charge in [0.15, 0.2) is 0 Å². The van der Waals surface area contributed by atoms with Crippen LogP contribution in [0.5, 0.6) is 0 Å². The molecule has 0 spiro atoms. The fourth-order valence-corrected chi connectivity index (χ4v) is 3.42. The largest absolute Gasteiger partial charge is 0.331 e. The van der Waals surface area contributed by atoms with Gasteiger partial charge in [0.2, 0.25) is 5.91 Å². The van der Waals surface area contributed by atoms with Crippen molar-refractivity contribution in [1.29, 1.82) is 0 Å². The van der Waals surface area contributed by atoms with Crippen molar-refractivity contribution in [3.63, 3.8) is 0 Å². The van der Waals surface area contributed by atoms with E-state index >= 15 is 0 Å². The number of hydrogen-bond donors (Lipinski definition) is 0. The fourth-order valence-electron chi connectivity index (χ4n) is 3.16. The summed E-state index contributed by atoms with van der Waals surface area (Å²) in [6.07, 6.45) is 0.861. The molecule has 0 aliphatic carbocycles. The second kappa shape index (κ2) is 5.88. The molecule has 1 heterocycles. The Labute approximate surface area is 140 Å². The van der Waals surface area contributed by atoms with Crippen LogP contribution in [-0.4, -0.2) is 10.8 Å². The Hall–Kier alpha value is -1.61. The summed E-state index contributed by atoms with van der Waals surface area (Å²) in [7, 11) is 0. The van der Waals surface area contributed by atoms with E-state index in [0.717, 1.165) is 10.9 Å². The lowest BCUT2D eigenvalue weighted by Crippen LogP contribution is -2.31. The average molecular weight is 358 g/mol. The molecule has 0 unspecified atom stereocenters. The van der Waals surface area contributed by atoms with Gasteiger partial charge in [-0.2, -0.15) is 0 Å². The van der Waals surface area contributed by atoms with Crippen molar-refractivity contribution >= 4 is 21.8 Å². The Morgan fingerprint density at radius 2 is 1.73 bits per heavy atom. The van der Waals surface area contributed by atoms with Crippen molar-refractivity contribution in [3.8, 4) is 0 Å². The third-order valence-electron chi connectivity index (χ3n) is 4.37. The van der Waals surface area contributed by atoms with E-state index in [0.29, 0.717) is 6.54 Å². The van der Waals surface area contributed by atoms with Gasteiger partial charge in [0.25, 0.3) is 0 Å². The smallest absolute Gasteiger partial charge is 0.229 e. The molecule has 0 radical (unpaired) electrons. The molecule has 0 bridgehead atoms.